The Balaban J connectivity index is 1.89. The molecule has 118 valence electrons. The second-order valence-electron chi connectivity index (χ2n) is 4.85. The van der Waals surface area contributed by atoms with Gasteiger partial charge in [-0.3, -0.25) is 4.79 Å². The highest BCUT2D eigenvalue weighted by Crippen LogP contribution is 2.11. The first-order valence-corrected chi connectivity index (χ1v) is 6.76. The molecule has 0 fully saturated rings. The first kappa shape index (κ1) is 16.5. The maximum Gasteiger partial charge on any atom is 0.269 e. The van der Waals surface area contributed by atoms with E-state index in [2.05, 4.69) is 10.3 Å². The molecule has 1 heterocycles. The molecule has 2 rings (SSSR count). The van der Waals surface area contributed by atoms with Crippen LogP contribution >= 0.6 is 0 Å². The van der Waals surface area contributed by atoms with Crippen LogP contribution in [0.5, 0.6) is 0 Å². The lowest BCUT2D eigenvalue weighted by Gasteiger charge is -2.12. The Morgan fingerprint density at radius 3 is 2.74 bits per heavy atom. The molecule has 0 aliphatic rings. The number of rotatable bonds is 5. The second-order valence-corrected chi connectivity index (χ2v) is 4.85. The Kier molecular flexibility index (Phi) is 5.33. The lowest BCUT2D eigenvalue weighted by molar-refractivity contribution is 0.0910. The number of carbonyl (C=O) groups is 1. The summed E-state index contributed by atoms with van der Waals surface area (Å²) in [6.07, 6.45) is 0.171. The van der Waals surface area contributed by atoms with E-state index in [1.807, 2.05) is 6.07 Å². The number of benzene rings is 1. The van der Waals surface area contributed by atoms with E-state index in [0.717, 1.165) is 12.1 Å². The molecule has 1 amide bonds. The molecular formula is C16H13F2N3O2. The normalized spacial score (nSPS) is 11.6. The van der Waals surface area contributed by atoms with Gasteiger partial charge in [0.2, 0.25) is 0 Å². The Morgan fingerprint density at radius 2 is 2.13 bits per heavy atom. The van der Waals surface area contributed by atoms with E-state index >= 15 is 0 Å². The summed E-state index contributed by atoms with van der Waals surface area (Å²) in [4.78, 5) is 15.6. The van der Waals surface area contributed by atoms with Crippen LogP contribution in [0.2, 0.25) is 0 Å². The monoisotopic (exact) mass is 317 g/mol. The lowest BCUT2D eigenvalue weighted by atomic mass is 10.1. The van der Waals surface area contributed by atoms with Crippen LogP contribution in [0.15, 0.2) is 36.5 Å². The van der Waals surface area contributed by atoms with Crippen molar-refractivity contribution in [2.24, 2.45) is 0 Å². The van der Waals surface area contributed by atoms with Crippen LogP contribution in [0, 0.1) is 23.0 Å². The molecule has 0 spiro atoms. The summed E-state index contributed by atoms with van der Waals surface area (Å²) in [6.45, 7) is -0.114. The molecule has 1 aromatic heterocycles. The van der Waals surface area contributed by atoms with Crippen LogP contribution in [-0.2, 0) is 6.42 Å². The van der Waals surface area contributed by atoms with Gasteiger partial charge >= 0.3 is 0 Å². The van der Waals surface area contributed by atoms with E-state index in [1.165, 1.54) is 24.4 Å². The molecule has 1 atom stereocenters. The molecule has 5 nitrogen and oxygen atoms in total. The summed E-state index contributed by atoms with van der Waals surface area (Å²) in [5.41, 5.74) is 0.585. The fraction of sp³-hybridized carbons (Fsp3) is 0.188. The van der Waals surface area contributed by atoms with Crippen molar-refractivity contribution in [2.45, 2.75) is 12.5 Å². The van der Waals surface area contributed by atoms with Crippen LogP contribution in [0.25, 0.3) is 0 Å². The van der Waals surface area contributed by atoms with Gasteiger partial charge in [0.05, 0.1) is 11.7 Å². The van der Waals surface area contributed by atoms with Gasteiger partial charge in [-0.2, -0.15) is 5.26 Å². The topological polar surface area (TPSA) is 86.0 Å². The molecule has 0 saturated heterocycles. The van der Waals surface area contributed by atoms with E-state index in [4.69, 9.17) is 5.26 Å². The van der Waals surface area contributed by atoms with Crippen LogP contribution < -0.4 is 5.32 Å². The molecule has 23 heavy (non-hydrogen) atoms. The highest BCUT2D eigenvalue weighted by molar-refractivity contribution is 5.92. The summed E-state index contributed by atoms with van der Waals surface area (Å²) >= 11 is 0. The molecule has 0 saturated carbocycles. The van der Waals surface area contributed by atoms with E-state index in [0.29, 0.717) is 5.56 Å². The van der Waals surface area contributed by atoms with Crippen molar-refractivity contribution >= 4 is 5.91 Å². The highest BCUT2D eigenvalue weighted by Gasteiger charge is 2.13. The summed E-state index contributed by atoms with van der Waals surface area (Å²) < 4.78 is 26.3. The standard InChI is InChI=1S/C16H13F2N3O2/c17-12-3-2-11(14(18)6-12)5-13(22)9-21-16(23)15-4-1-10(7-19)8-20-15/h1-4,6,8,13,22H,5,9H2,(H,21,23)/t13-/m0/s1. The molecule has 0 radical (unpaired) electrons. The Morgan fingerprint density at radius 1 is 1.35 bits per heavy atom. The van der Waals surface area contributed by atoms with E-state index in [9.17, 15) is 18.7 Å². The van der Waals surface area contributed by atoms with Crippen molar-refractivity contribution in [3.05, 3.63) is 65.0 Å². The number of hydrogen-bond acceptors (Lipinski definition) is 4. The molecule has 0 bridgehead atoms. The zero-order valence-corrected chi connectivity index (χ0v) is 12.0. The number of nitrogens with zero attached hydrogens (tertiary/aromatic N) is 2. The van der Waals surface area contributed by atoms with Gasteiger partial charge in [0.1, 0.15) is 23.4 Å². The van der Waals surface area contributed by atoms with E-state index < -0.39 is 23.6 Å². The minimum atomic E-state index is -1.03. The van der Waals surface area contributed by atoms with Crippen LogP contribution in [0.4, 0.5) is 8.78 Å². The number of halogens is 2. The second kappa shape index (κ2) is 7.42. The van der Waals surface area contributed by atoms with Crippen LogP contribution in [0.3, 0.4) is 0 Å². The summed E-state index contributed by atoms with van der Waals surface area (Å²) in [6, 6.07) is 7.81. The third-order valence-electron chi connectivity index (χ3n) is 3.09. The van der Waals surface area contributed by atoms with Gasteiger partial charge in [-0.15, -0.1) is 0 Å². The molecular weight excluding hydrogens is 304 g/mol. The van der Waals surface area contributed by atoms with Gasteiger partial charge in [-0.05, 0) is 23.8 Å². The maximum absolute atomic E-state index is 13.5. The number of aliphatic hydroxyl groups is 1. The average molecular weight is 317 g/mol. The molecule has 2 N–H and O–H groups in total. The van der Waals surface area contributed by atoms with Crippen molar-refractivity contribution in [1.29, 1.82) is 5.26 Å². The first-order valence-electron chi connectivity index (χ1n) is 6.76. The predicted octanol–water partition coefficient (Wildman–Crippen LogP) is 1.56. The number of aromatic nitrogens is 1. The van der Waals surface area contributed by atoms with Gasteiger partial charge in [-0.1, -0.05) is 6.07 Å². The minimum absolute atomic E-state index is 0.0623. The van der Waals surface area contributed by atoms with Gasteiger partial charge in [0.15, 0.2) is 0 Å². The zero-order chi connectivity index (χ0) is 16.8. The number of aliphatic hydroxyl groups excluding tert-OH is 1. The van der Waals surface area contributed by atoms with E-state index in [1.54, 1.807) is 0 Å². The van der Waals surface area contributed by atoms with Crippen LogP contribution in [-0.4, -0.2) is 28.6 Å². The predicted molar refractivity (Wildman–Crippen MR) is 77.4 cm³/mol. The van der Waals surface area contributed by atoms with Crippen molar-refractivity contribution in [3.8, 4) is 6.07 Å². The summed E-state index contributed by atoms with van der Waals surface area (Å²) in [7, 11) is 0. The van der Waals surface area contributed by atoms with Crippen molar-refractivity contribution < 1.29 is 18.7 Å². The largest absolute Gasteiger partial charge is 0.391 e. The Labute approximate surface area is 131 Å². The third kappa shape index (κ3) is 4.56. The quantitative estimate of drug-likeness (QED) is 0.876. The first-order chi connectivity index (χ1) is 11.0. The van der Waals surface area contributed by atoms with Crippen LogP contribution in [0.1, 0.15) is 21.6 Å². The summed E-state index contributed by atoms with van der Waals surface area (Å²) in [5.74, 6) is -1.96. The number of amides is 1. The number of hydrogen-bond donors (Lipinski definition) is 2. The minimum Gasteiger partial charge on any atom is -0.391 e. The maximum atomic E-state index is 13.5. The lowest BCUT2D eigenvalue weighted by Crippen LogP contribution is -2.33. The zero-order valence-electron chi connectivity index (χ0n) is 12.0. The molecule has 7 heteroatoms. The summed E-state index contributed by atoms with van der Waals surface area (Å²) in [5, 5.41) is 20.9. The van der Waals surface area contributed by atoms with Crippen molar-refractivity contribution in [1.82, 2.24) is 10.3 Å². The average Bonchev–Trinajstić information content (AvgIpc) is 2.55. The fourth-order valence-corrected chi connectivity index (χ4v) is 1.91. The Hall–Kier alpha value is -2.85. The van der Waals surface area contributed by atoms with Gasteiger partial charge in [0.25, 0.3) is 5.91 Å². The number of nitriles is 1. The van der Waals surface area contributed by atoms with E-state index in [-0.39, 0.29) is 24.2 Å². The SMILES string of the molecule is N#Cc1ccc(C(=O)NC[C@@H](O)Cc2ccc(F)cc2F)nc1. The molecule has 1 aromatic carbocycles. The smallest absolute Gasteiger partial charge is 0.269 e. The van der Waals surface area contributed by atoms with Gasteiger partial charge in [0, 0.05) is 25.2 Å². The molecule has 0 aliphatic heterocycles. The highest BCUT2D eigenvalue weighted by atomic mass is 19.1. The third-order valence-corrected chi connectivity index (χ3v) is 3.09. The number of nitrogens with one attached hydrogen (secondary N) is 1. The molecule has 2 aromatic rings. The van der Waals surface area contributed by atoms with Crippen molar-refractivity contribution in [2.75, 3.05) is 6.54 Å². The van der Waals surface area contributed by atoms with Crippen molar-refractivity contribution in [3.63, 3.8) is 0 Å². The Bertz CT molecular complexity index is 742. The van der Waals surface area contributed by atoms with Gasteiger partial charge in [-0.25, -0.2) is 13.8 Å². The molecule has 0 unspecified atom stereocenters. The molecule has 0 aliphatic carbocycles. The van der Waals surface area contributed by atoms with Gasteiger partial charge < -0.3 is 10.4 Å². The fourth-order valence-electron chi connectivity index (χ4n) is 1.91. The number of pyridine rings is 1. The number of carbonyl (C=O) groups excluding carboxylic acids is 1.